The Labute approximate surface area is 113 Å². The second-order valence-electron chi connectivity index (χ2n) is 5.49. The fourth-order valence-electron chi connectivity index (χ4n) is 2.51. The summed E-state index contributed by atoms with van der Waals surface area (Å²) in [6, 6.07) is 6.01. The molecule has 0 amide bonds. The number of hydrogen-bond acceptors (Lipinski definition) is 3. The van der Waals surface area contributed by atoms with Crippen molar-refractivity contribution in [2.45, 2.75) is 18.4 Å². The van der Waals surface area contributed by atoms with Gasteiger partial charge in [0.2, 0.25) is 0 Å². The predicted molar refractivity (Wildman–Crippen MR) is 74.3 cm³/mol. The average Bonchev–Trinajstić information content (AvgIpc) is 3.10. The number of hydrogen-bond donors (Lipinski definition) is 1. The minimum Gasteiger partial charge on any atom is -0.385 e. The molecule has 1 aliphatic carbocycles. The van der Waals surface area contributed by atoms with Crippen molar-refractivity contribution in [3.63, 3.8) is 0 Å². The molecule has 1 N–H and O–H groups in total. The molecule has 0 spiro atoms. The monoisotopic (exact) mass is 266 g/mol. The average molecular weight is 267 g/mol. The van der Waals surface area contributed by atoms with Crippen LogP contribution < -0.4 is 4.90 Å². The maximum Gasteiger partial charge on any atom is 0.0899 e. The maximum absolute atomic E-state index is 10.1. The molecular weight excluding hydrogens is 248 g/mol. The maximum atomic E-state index is 10.1. The summed E-state index contributed by atoms with van der Waals surface area (Å²) in [5.41, 5.74) is 1.47. The Balaban J connectivity index is 1.80. The molecule has 1 aromatic carbocycles. The number of halogens is 1. The molecule has 0 unspecified atom stereocenters. The lowest BCUT2D eigenvalue weighted by Gasteiger charge is -2.34. The minimum atomic E-state index is -0.593. The number of rotatable bonds is 2. The first kappa shape index (κ1) is 12.3. The van der Waals surface area contributed by atoms with Crippen molar-refractivity contribution in [1.82, 2.24) is 4.90 Å². The summed E-state index contributed by atoms with van der Waals surface area (Å²) in [6.07, 6.45) is 1.72. The molecule has 98 valence electrons. The van der Waals surface area contributed by atoms with Crippen LogP contribution in [0, 0.1) is 0 Å². The molecule has 1 saturated heterocycles. The third-order valence-corrected chi connectivity index (χ3v) is 4.36. The Hall–Kier alpha value is -0.770. The molecule has 3 nitrogen and oxygen atoms in total. The fourth-order valence-corrected chi connectivity index (χ4v) is 2.81. The zero-order chi connectivity index (χ0) is 12.8. The smallest absolute Gasteiger partial charge is 0.0899 e. The highest BCUT2D eigenvalue weighted by atomic mass is 35.5. The van der Waals surface area contributed by atoms with Gasteiger partial charge in [-0.1, -0.05) is 17.7 Å². The topological polar surface area (TPSA) is 26.7 Å². The van der Waals surface area contributed by atoms with Crippen molar-refractivity contribution in [2.75, 3.05) is 38.1 Å². The van der Waals surface area contributed by atoms with Crippen LogP contribution in [0.5, 0.6) is 0 Å². The molecule has 0 aromatic heterocycles. The van der Waals surface area contributed by atoms with Crippen LogP contribution in [0.3, 0.4) is 0 Å². The van der Waals surface area contributed by atoms with Crippen molar-refractivity contribution in [2.24, 2.45) is 0 Å². The number of nitrogens with zero attached hydrogens (tertiary/aromatic N) is 2. The van der Waals surface area contributed by atoms with Gasteiger partial charge in [-0.25, -0.2) is 0 Å². The van der Waals surface area contributed by atoms with E-state index < -0.39 is 5.60 Å². The van der Waals surface area contributed by atoms with Gasteiger partial charge in [0.15, 0.2) is 0 Å². The number of piperazine rings is 1. The summed E-state index contributed by atoms with van der Waals surface area (Å²) in [5.74, 6) is 0. The Morgan fingerprint density at radius 2 is 1.83 bits per heavy atom. The molecule has 18 heavy (non-hydrogen) atoms. The van der Waals surface area contributed by atoms with Crippen molar-refractivity contribution >= 4 is 17.3 Å². The number of benzene rings is 1. The molecule has 2 fully saturated rings. The first-order chi connectivity index (χ1) is 8.58. The summed E-state index contributed by atoms with van der Waals surface area (Å²) in [5, 5.41) is 10.8. The number of aliphatic hydroxyl groups is 1. The Morgan fingerprint density at radius 1 is 1.17 bits per heavy atom. The van der Waals surface area contributed by atoms with Gasteiger partial charge in [0.25, 0.3) is 0 Å². The molecule has 1 heterocycles. The van der Waals surface area contributed by atoms with Gasteiger partial charge in [-0.15, -0.1) is 0 Å². The van der Waals surface area contributed by atoms with E-state index in [-0.39, 0.29) is 0 Å². The highest BCUT2D eigenvalue weighted by Crippen LogP contribution is 2.46. The van der Waals surface area contributed by atoms with E-state index in [9.17, 15) is 5.11 Å². The zero-order valence-electron chi connectivity index (χ0n) is 10.7. The SMILES string of the molecule is CN1CCN(c2ccc(C3(O)CC3)cc2Cl)CC1. The molecule has 0 bridgehead atoms. The highest BCUT2D eigenvalue weighted by Gasteiger charge is 2.42. The van der Waals surface area contributed by atoms with Gasteiger partial charge in [0.05, 0.1) is 16.3 Å². The number of anilines is 1. The summed E-state index contributed by atoms with van der Waals surface area (Å²) in [4.78, 5) is 4.65. The van der Waals surface area contributed by atoms with Crippen molar-refractivity contribution in [3.05, 3.63) is 28.8 Å². The largest absolute Gasteiger partial charge is 0.385 e. The van der Waals surface area contributed by atoms with E-state index in [4.69, 9.17) is 11.6 Å². The van der Waals surface area contributed by atoms with Crippen molar-refractivity contribution in [1.29, 1.82) is 0 Å². The molecule has 3 rings (SSSR count). The van der Waals surface area contributed by atoms with E-state index in [0.717, 1.165) is 55.3 Å². The van der Waals surface area contributed by atoms with Crippen LogP contribution in [0.2, 0.25) is 5.02 Å². The fraction of sp³-hybridized carbons (Fsp3) is 0.571. The predicted octanol–water partition coefficient (Wildman–Crippen LogP) is 2.07. The standard InChI is InChI=1S/C14H19ClN2O/c1-16-6-8-17(9-7-16)13-3-2-11(10-12(13)15)14(18)4-5-14/h2-3,10,18H,4-9H2,1H3. The lowest BCUT2D eigenvalue weighted by Crippen LogP contribution is -2.44. The van der Waals surface area contributed by atoms with Gasteiger partial charge in [-0.3, -0.25) is 0 Å². The second kappa shape index (κ2) is 4.41. The second-order valence-corrected chi connectivity index (χ2v) is 5.90. The lowest BCUT2D eigenvalue weighted by molar-refractivity contribution is 0.151. The normalized spacial score (nSPS) is 23.2. The lowest BCUT2D eigenvalue weighted by atomic mass is 10.1. The van der Waals surface area contributed by atoms with E-state index in [1.807, 2.05) is 12.1 Å². The summed E-state index contributed by atoms with van der Waals surface area (Å²) >= 11 is 6.37. The van der Waals surface area contributed by atoms with Crippen LogP contribution in [-0.2, 0) is 5.60 Å². The molecule has 1 aliphatic heterocycles. The first-order valence-corrected chi connectivity index (χ1v) is 6.92. The van der Waals surface area contributed by atoms with Crippen LogP contribution in [0.4, 0.5) is 5.69 Å². The van der Waals surface area contributed by atoms with E-state index in [1.165, 1.54) is 0 Å². The van der Waals surface area contributed by atoms with Crippen LogP contribution in [0.1, 0.15) is 18.4 Å². The minimum absolute atomic E-state index is 0.593. The van der Waals surface area contributed by atoms with E-state index in [2.05, 4.69) is 22.9 Å². The molecule has 1 aromatic rings. The van der Waals surface area contributed by atoms with Crippen molar-refractivity contribution < 1.29 is 5.11 Å². The third-order valence-electron chi connectivity index (χ3n) is 4.05. The van der Waals surface area contributed by atoms with E-state index in [0.29, 0.717) is 0 Å². The summed E-state index contributed by atoms with van der Waals surface area (Å²) in [6.45, 7) is 4.17. The van der Waals surface area contributed by atoms with E-state index in [1.54, 1.807) is 0 Å². The van der Waals surface area contributed by atoms with Gasteiger partial charge in [0.1, 0.15) is 0 Å². The van der Waals surface area contributed by atoms with Gasteiger partial charge < -0.3 is 14.9 Å². The van der Waals surface area contributed by atoms with Crippen LogP contribution in [-0.4, -0.2) is 43.2 Å². The highest BCUT2D eigenvalue weighted by molar-refractivity contribution is 6.33. The molecule has 1 saturated carbocycles. The molecule has 2 aliphatic rings. The van der Waals surface area contributed by atoms with Gasteiger partial charge in [0, 0.05) is 26.2 Å². The number of likely N-dealkylation sites (N-methyl/N-ethyl adjacent to an activating group) is 1. The molecular formula is C14H19ClN2O. The van der Waals surface area contributed by atoms with Crippen LogP contribution in [0.15, 0.2) is 18.2 Å². The Bertz CT molecular complexity index is 451. The summed E-state index contributed by atoms with van der Waals surface area (Å²) < 4.78 is 0. The first-order valence-electron chi connectivity index (χ1n) is 6.54. The molecule has 0 atom stereocenters. The van der Waals surface area contributed by atoms with Crippen molar-refractivity contribution in [3.8, 4) is 0 Å². The Kier molecular flexibility index (Phi) is 3.00. The Morgan fingerprint density at radius 3 is 2.39 bits per heavy atom. The quantitative estimate of drug-likeness (QED) is 0.888. The summed E-state index contributed by atoms with van der Waals surface area (Å²) in [7, 11) is 2.14. The molecule has 4 heteroatoms. The van der Waals surface area contributed by atoms with Gasteiger partial charge in [-0.2, -0.15) is 0 Å². The zero-order valence-corrected chi connectivity index (χ0v) is 11.5. The van der Waals surface area contributed by atoms with Crippen LogP contribution in [0.25, 0.3) is 0 Å². The van der Waals surface area contributed by atoms with Gasteiger partial charge >= 0.3 is 0 Å². The van der Waals surface area contributed by atoms with E-state index >= 15 is 0 Å². The third kappa shape index (κ3) is 2.22. The van der Waals surface area contributed by atoms with Gasteiger partial charge in [-0.05, 0) is 37.6 Å². The molecule has 0 radical (unpaired) electrons. The van der Waals surface area contributed by atoms with Crippen LogP contribution >= 0.6 is 11.6 Å².